The summed E-state index contributed by atoms with van der Waals surface area (Å²) in [5.74, 6) is 3.11. The Labute approximate surface area is 114 Å². The molecule has 0 aromatic heterocycles. The van der Waals surface area contributed by atoms with Crippen molar-refractivity contribution in [3.8, 4) is 11.5 Å². The van der Waals surface area contributed by atoms with Gasteiger partial charge < -0.3 is 14.4 Å². The Hall–Kier alpha value is -0.930. The minimum Gasteiger partial charge on any atom is -0.493 e. The molecule has 2 aliphatic rings. The zero-order valence-corrected chi connectivity index (χ0v) is 11.7. The summed E-state index contributed by atoms with van der Waals surface area (Å²) in [5, 5.41) is 0. The molecule has 0 saturated carbocycles. The van der Waals surface area contributed by atoms with Crippen LogP contribution in [0.5, 0.6) is 11.5 Å². The lowest BCUT2D eigenvalue weighted by Gasteiger charge is -2.40. The monoisotopic (exact) mass is 269 g/mol. The number of fused-ring (bicyclic) bond motifs is 3. The van der Waals surface area contributed by atoms with Gasteiger partial charge in [-0.1, -0.05) is 12.1 Å². The second kappa shape index (κ2) is 5.37. The summed E-state index contributed by atoms with van der Waals surface area (Å²) in [6, 6.07) is 6.23. The molecular formula is C14H20ClNO2. The fourth-order valence-corrected chi connectivity index (χ4v) is 3.05. The van der Waals surface area contributed by atoms with Crippen LogP contribution in [0.1, 0.15) is 17.9 Å². The Balaban J connectivity index is 0.00000120. The van der Waals surface area contributed by atoms with Gasteiger partial charge in [-0.3, -0.25) is 0 Å². The van der Waals surface area contributed by atoms with Crippen LogP contribution in [0.15, 0.2) is 18.2 Å². The Bertz CT molecular complexity index is 424. The lowest BCUT2D eigenvalue weighted by Crippen LogP contribution is -2.41. The number of methoxy groups -OCH3 is 1. The summed E-state index contributed by atoms with van der Waals surface area (Å²) < 4.78 is 11.3. The van der Waals surface area contributed by atoms with Crippen LogP contribution in [0, 0.1) is 5.92 Å². The summed E-state index contributed by atoms with van der Waals surface area (Å²) in [5.41, 5.74) is 1.33. The fourth-order valence-electron chi connectivity index (χ4n) is 3.05. The molecule has 0 radical (unpaired) electrons. The van der Waals surface area contributed by atoms with E-state index in [9.17, 15) is 0 Å². The predicted molar refractivity (Wildman–Crippen MR) is 74.1 cm³/mol. The van der Waals surface area contributed by atoms with E-state index in [4.69, 9.17) is 9.47 Å². The number of benzene rings is 1. The highest BCUT2D eigenvalue weighted by molar-refractivity contribution is 5.85. The maximum Gasteiger partial charge on any atom is 0.164 e. The zero-order chi connectivity index (χ0) is 11.8. The van der Waals surface area contributed by atoms with Crippen molar-refractivity contribution in [1.82, 2.24) is 4.90 Å². The second-order valence-electron chi connectivity index (χ2n) is 5.11. The molecule has 1 aromatic rings. The van der Waals surface area contributed by atoms with E-state index in [1.54, 1.807) is 7.11 Å². The zero-order valence-electron chi connectivity index (χ0n) is 10.9. The fraction of sp³-hybridized carbons (Fsp3) is 0.571. The summed E-state index contributed by atoms with van der Waals surface area (Å²) in [4.78, 5) is 2.41. The first-order valence-electron chi connectivity index (χ1n) is 6.28. The Morgan fingerprint density at radius 3 is 3.00 bits per heavy atom. The van der Waals surface area contributed by atoms with Crippen LogP contribution in [0.2, 0.25) is 0 Å². The van der Waals surface area contributed by atoms with Gasteiger partial charge in [-0.15, -0.1) is 12.4 Å². The highest BCUT2D eigenvalue weighted by Gasteiger charge is 2.35. The number of para-hydroxylation sites is 1. The van der Waals surface area contributed by atoms with Gasteiger partial charge in [0.05, 0.1) is 13.7 Å². The molecule has 2 atom stereocenters. The highest BCUT2D eigenvalue weighted by atomic mass is 35.5. The highest BCUT2D eigenvalue weighted by Crippen LogP contribution is 2.45. The van der Waals surface area contributed by atoms with Crippen LogP contribution < -0.4 is 9.47 Å². The SMILES string of the molecule is COc1cccc2c1OC[C@@H]1CCN(C)C[C@H]21.Cl. The van der Waals surface area contributed by atoms with E-state index in [1.165, 1.54) is 18.5 Å². The molecule has 100 valence electrons. The van der Waals surface area contributed by atoms with Crippen molar-refractivity contribution in [2.24, 2.45) is 5.92 Å². The van der Waals surface area contributed by atoms with E-state index in [0.29, 0.717) is 11.8 Å². The molecule has 2 heterocycles. The van der Waals surface area contributed by atoms with E-state index in [-0.39, 0.29) is 12.4 Å². The smallest absolute Gasteiger partial charge is 0.164 e. The van der Waals surface area contributed by atoms with Crippen LogP contribution in [-0.2, 0) is 0 Å². The molecule has 0 amide bonds. The van der Waals surface area contributed by atoms with E-state index in [0.717, 1.165) is 24.7 Å². The summed E-state index contributed by atoms with van der Waals surface area (Å²) in [6.07, 6.45) is 1.23. The normalized spacial score (nSPS) is 26.3. The second-order valence-corrected chi connectivity index (χ2v) is 5.11. The topological polar surface area (TPSA) is 21.7 Å². The number of likely N-dealkylation sites (tertiary alicyclic amines) is 1. The molecule has 3 rings (SSSR count). The van der Waals surface area contributed by atoms with Crippen LogP contribution in [0.3, 0.4) is 0 Å². The Kier molecular flexibility index (Phi) is 4.03. The molecule has 3 nitrogen and oxygen atoms in total. The lowest BCUT2D eigenvalue weighted by molar-refractivity contribution is 0.111. The number of piperidine rings is 1. The van der Waals surface area contributed by atoms with Crippen molar-refractivity contribution < 1.29 is 9.47 Å². The first kappa shape index (κ1) is 13.5. The number of halogens is 1. The maximum absolute atomic E-state index is 5.91. The minimum atomic E-state index is 0. The Morgan fingerprint density at radius 1 is 1.39 bits per heavy atom. The molecule has 2 aliphatic heterocycles. The molecule has 18 heavy (non-hydrogen) atoms. The number of likely N-dealkylation sites (N-methyl/N-ethyl adjacent to an activating group) is 1. The van der Waals surface area contributed by atoms with Gasteiger partial charge in [-0.05, 0) is 26.1 Å². The summed E-state index contributed by atoms with van der Waals surface area (Å²) in [6.45, 7) is 3.16. The van der Waals surface area contributed by atoms with Gasteiger partial charge in [0.25, 0.3) is 0 Å². The third-order valence-electron chi connectivity index (χ3n) is 4.03. The van der Waals surface area contributed by atoms with E-state index < -0.39 is 0 Å². The van der Waals surface area contributed by atoms with Gasteiger partial charge in [0.1, 0.15) is 0 Å². The first-order chi connectivity index (χ1) is 8.29. The van der Waals surface area contributed by atoms with Gasteiger partial charge in [0.2, 0.25) is 0 Å². The lowest BCUT2D eigenvalue weighted by atomic mass is 9.79. The van der Waals surface area contributed by atoms with Crippen LogP contribution >= 0.6 is 12.4 Å². The maximum atomic E-state index is 5.91. The molecule has 0 aliphatic carbocycles. The molecule has 0 bridgehead atoms. The number of ether oxygens (including phenoxy) is 2. The van der Waals surface area contributed by atoms with Crippen LogP contribution in [-0.4, -0.2) is 38.8 Å². The predicted octanol–water partition coefficient (Wildman–Crippen LogP) is 2.54. The van der Waals surface area contributed by atoms with Crippen molar-refractivity contribution in [1.29, 1.82) is 0 Å². The number of hydrogen-bond acceptors (Lipinski definition) is 3. The molecule has 1 saturated heterocycles. The van der Waals surface area contributed by atoms with Gasteiger partial charge in [0.15, 0.2) is 11.5 Å². The van der Waals surface area contributed by atoms with E-state index >= 15 is 0 Å². The number of hydrogen-bond donors (Lipinski definition) is 0. The third-order valence-corrected chi connectivity index (χ3v) is 4.03. The van der Waals surface area contributed by atoms with E-state index in [1.807, 2.05) is 6.07 Å². The van der Waals surface area contributed by atoms with Gasteiger partial charge >= 0.3 is 0 Å². The molecular weight excluding hydrogens is 250 g/mol. The van der Waals surface area contributed by atoms with E-state index in [2.05, 4.69) is 24.1 Å². The molecule has 0 unspecified atom stereocenters. The quantitative estimate of drug-likeness (QED) is 0.782. The van der Waals surface area contributed by atoms with Gasteiger partial charge in [-0.25, -0.2) is 0 Å². The van der Waals surface area contributed by atoms with Crippen LogP contribution in [0.25, 0.3) is 0 Å². The largest absolute Gasteiger partial charge is 0.493 e. The molecule has 0 spiro atoms. The van der Waals surface area contributed by atoms with Crippen molar-refractivity contribution >= 4 is 12.4 Å². The summed E-state index contributed by atoms with van der Waals surface area (Å²) in [7, 11) is 3.91. The molecule has 1 aromatic carbocycles. The minimum absolute atomic E-state index is 0. The third kappa shape index (κ3) is 2.17. The average molecular weight is 270 g/mol. The number of rotatable bonds is 1. The number of nitrogens with zero attached hydrogens (tertiary/aromatic N) is 1. The van der Waals surface area contributed by atoms with Gasteiger partial charge in [-0.2, -0.15) is 0 Å². The van der Waals surface area contributed by atoms with Crippen molar-refractivity contribution in [2.75, 3.05) is 33.9 Å². The molecule has 0 N–H and O–H groups in total. The van der Waals surface area contributed by atoms with Crippen molar-refractivity contribution in [2.45, 2.75) is 12.3 Å². The first-order valence-corrected chi connectivity index (χ1v) is 6.28. The molecule has 1 fully saturated rings. The van der Waals surface area contributed by atoms with Crippen molar-refractivity contribution in [3.63, 3.8) is 0 Å². The Morgan fingerprint density at radius 2 is 2.22 bits per heavy atom. The van der Waals surface area contributed by atoms with Gasteiger partial charge in [0, 0.05) is 23.9 Å². The molecule has 4 heteroatoms. The van der Waals surface area contributed by atoms with Crippen molar-refractivity contribution in [3.05, 3.63) is 23.8 Å². The standard InChI is InChI=1S/C14H19NO2.ClH/c1-15-7-6-10-9-17-14-11(12(10)8-15)4-3-5-13(14)16-2;/h3-5,10,12H,6-9H2,1-2H3;1H/t10-,12-;/m0./s1. The summed E-state index contributed by atoms with van der Waals surface area (Å²) >= 11 is 0. The average Bonchev–Trinajstić information content (AvgIpc) is 2.37. The van der Waals surface area contributed by atoms with Crippen LogP contribution in [0.4, 0.5) is 0 Å².